The highest BCUT2D eigenvalue weighted by molar-refractivity contribution is 6.21. The van der Waals surface area contributed by atoms with Gasteiger partial charge in [0.1, 0.15) is 0 Å². The van der Waals surface area contributed by atoms with Gasteiger partial charge in [0.25, 0.3) is 0 Å². The van der Waals surface area contributed by atoms with Gasteiger partial charge in [-0.2, -0.15) is 0 Å². The fourth-order valence-electron chi connectivity index (χ4n) is 3.01. The van der Waals surface area contributed by atoms with E-state index in [0.29, 0.717) is 0 Å². The minimum atomic E-state index is 0.0562. The van der Waals surface area contributed by atoms with E-state index >= 15 is 0 Å². The van der Waals surface area contributed by atoms with Gasteiger partial charge in [-0.15, -0.1) is 0 Å². The number of fused-ring (bicyclic) bond motifs is 3. The Kier molecular flexibility index (Phi) is 3.11. The maximum Gasteiger partial charge on any atom is 0.194 e. The van der Waals surface area contributed by atoms with Gasteiger partial charge < -0.3 is 0 Å². The van der Waals surface area contributed by atoms with Crippen molar-refractivity contribution in [3.63, 3.8) is 0 Å². The van der Waals surface area contributed by atoms with Crippen LogP contribution in [0.3, 0.4) is 0 Å². The molecule has 0 saturated heterocycles. The van der Waals surface area contributed by atoms with Crippen molar-refractivity contribution in [2.45, 2.75) is 52.4 Å². The Bertz CT molecular complexity index is 767. The predicted octanol–water partition coefficient (Wildman–Crippen LogP) is 5.49. The molecule has 0 unspecified atom stereocenters. The summed E-state index contributed by atoms with van der Waals surface area (Å²) in [5.74, 6) is 0.163. The average Bonchev–Trinajstić information content (AvgIpc) is 2.70. The van der Waals surface area contributed by atoms with Crippen molar-refractivity contribution in [3.05, 3.63) is 58.7 Å². The fraction of sp³-hybridized carbons (Fsp3) is 0.381. The molecule has 1 heteroatoms. The fourth-order valence-corrected chi connectivity index (χ4v) is 3.01. The number of rotatable bonds is 0. The summed E-state index contributed by atoms with van der Waals surface area (Å²) in [4.78, 5) is 12.7. The number of carbonyl (C=O) groups excluding carboxylic acids is 1. The van der Waals surface area contributed by atoms with Crippen molar-refractivity contribution in [1.29, 1.82) is 0 Å². The molecule has 1 aliphatic carbocycles. The molecular formula is C21H24O. The van der Waals surface area contributed by atoms with Crippen LogP contribution in [0, 0.1) is 0 Å². The first kappa shape index (κ1) is 15.0. The summed E-state index contributed by atoms with van der Waals surface area (Å²) in [6.07, 6.45) is 0. The molecule has 0 fully saturated rings. The minimum Gasteiger partial charge on any atom is -0.289 e. The highest BCUT2D eigenvalue weighted by Crippen LogP contribution is 2.40. The van der Waals surface area contributed by atoms with E-state index < -0.39 is 0 Å². The first-order chi connectivity index (χ1) is 10.1. The molecule has 0 atom stereocenters. The van der Waals surface area contributed by atoms with Crippen LogP contribution in [0.25, 0.3) is 11.1 Å². The molecule has 0 amide bonds. The maximum atomic E-state index is 12.7. The zero-order valence-electron chi connectivity index (χ0n) is 14.4. The lowest BCUT2D eigenvalue weighted by Gasteiger charge is -2.20. The van der Waals surface area contributed by atoms with E-state index in [0.717, 1.165) is 22.3 Å². The summed E-state index contributed by atoms with van der Waals surface area (Å²) < 4.78 is 0. The normalized spacial score (nSPS) is 14.0. The lowest BCUT2D eigenvalue weighted by molar-refractivity contribution is 0.104. The van der Waals surface area contributed by atoms with Crippen LogP contribution >= 0.6 is 0 Å². The second-order valence-electron chi connectivity index (χ2n) is 8.35. The van der Waals surface area contributed by atoms with Gasteiger partial charge in [-0.25, -0.2) is 0 Å². The van der Waals surface area contributed by atoms with Gasteiger partial charge in [0.15, 0.2) is 5.78 Å². The zero-order chi connectivity index (χ0) is 16.3. The Morgan fingerprint density at radius 2 is 1.05 bits per heavy atom. The van der Waals surface area contributed by atoms with Gasteiger partial charge in [-0.3, -0.25) is 4.79 Å². The summed E-state index contributed by atoms with van der Waals surface area (Å²) in [5, 5.41) is 0. The van der Waals surface area contributed by atoms with E-state index in [-0.39, 0.29) is 16.6 Å². The molecule has 114 valence electrons. The summed E-state index contributed by atoms with van der Waals surface area (Å²) >= 11 is 0. The Hall–Kier alpha value is -1.89. The molecule has 2 aromatic carbocycles. The maximum absolute atomic E-state index is 12.7. The Morgan fingerprint density at radius 3 is 1.55 bits per heavy atom. The molecular weight excluding hydrogens is 268 g/mol. The molecule has 0 heterocycles. The van der Waals surface area contributed by atoms with Crippen molar-refractivity contribution in [2.75, 3.05) is 0 Å². The number of hydrogen-bond acceptors (Lipinski definition) is 1. The van der Waals surface area contributed by atoms with Gasteiger partial charge >= 0.3 is 0 Å². The Morgan fingerprint density at radius 1 is 0.591 bits per heavy atom. The third-order valence-corrected chi connectivity index (χ3v) is 4.55. The van der Waals surface area contributed by atoms with E-state index in [4.69, 9.17) is 0 Å². The molecule has 3 rings (SSSR count). The highest BCUT2D eigenvalue weighted by atomic mass is 16.1. The number of benzene rings is 2. The van der Waals surface area contributed by atoms with Gasteiger partial charge in [-0.05, 0) is 45.2 Å². The van der Waals surface area contributed by atoms with Crippen LogP contribution in [0.5, 0.6) is 0 Å². The van der Waals surface area contributed by atoms with Gasteiger partial charge in [-0.1, -0.05) is 65.8 Å². The van der Waals surface area contributed by atoms with Crippen LogP contribution in [0.1, 0.15) is 68.6 Å². The van der Waals surface area contributed by atoms with E-state index in [2.05, 4.69) is 71.9 Å². The van der Waals surface area contributed by atoms with Gasteiger partial charge in [0, 0.05) is 11.1 Å². The molecule has 0 saturated carbocycles. The lowest BCUT2D eigenvalue weighted by Crippen LogP contribution is -2.11. The zero-order valence-corrected chi connectivity index (χ0v) is 14.4. The third kappa shape index (κ3) is 2.29. The Labute approximate surface area is 133 Å². The second kappa shape index (κ2) is 4.55. The molecule has 1 aliphatic rings. The third-order valence-electron chi connectivity index (χ3n) is 4.55. The van der Waals surface area contributed by atoms with Crippen LogP contribution in [-0.4, -0.2) is 5.78 Å². The van der Waals surface area contributed by atoms with Crippen molar-refractivity contribution in [1.82, 2.24) is 0 Å². The molecule has 0 bridgehead atoms. The van der Waals surface area contributed by atoms with E-state index in [1.54, 1.807) is 0 Å². The van der Waals surface area contributed by atoms with Crippen molar-refractivity contribution < 1.29 is 4.79 Å². The molecule has 0 aliphatic heterocycles. The van der Waals surface area contributed by atoms with Gasteiger partial charge in [0.2, 0.25) is 0 Å². The minimum absolute atomic E-state index is 0.0562. The lowest BCUT2D eigenvalue weighted by atomic mass is 9.84. The monoisotopic (exact) mass is 292 g/mol. The topological polar surface area (TPSA) is 17.1 Å². The van der Waals surface area contributed by atoms with E-state index in [1.165, 1.54) is 11.1 Å². The smallest absolute Gasteiger partial charge is 0.194 e. The quantitative estimate of drug-likeness (QED) is 0.535. The summed E-state index contributed by atoms with van der Waals surface area (Å²) in [6.45, 7) is 13.1. The predicted molar refractivity (Wildman–Crippen MR) is 92.7 cm³/mol. The van der Waals surface area contributed by atoms with Crippen molar-refractivity contribution >= 4 is 5.78 Å². The average molecular weight is 292 g/mol. The Balaban J connectivity index is 2.19. The van der Waals surface area contributed by atoms with Gasteiger partial charge in [0.05, 0.1) is 0 Å². The molecule has 1 nitrogen and oxygen atoms in total. The molecule has 0 N–H and O–H groups in total. The van der Waals surface area contributed by atoms with E-state index in [1.807, 2.05) is 6.07 Å². The van der Waals surface area contributed by atoms with E-state index in [9.17, 15) is 4.79 Å². The van der Waals surface area contributed by atoms with Crippen LogP contribution in [0.2, 0.25) is 0 Å². The molecule has 0 spiro atoms. The SMILES string of the molecule is CC(C)(C)c1ccc2c(c1)C(=O)c1ccc(C(C)(C)C)cc1-2. The number of hydrogen-bond donors (Lipinski definition) is 0. The standard InChI is InChI=1S/C21H24O/c1-20(2,3)13-8-10-16-17(11-13)15-9-7-14(21(4,5)6)12-18(15)19(16)22/h7-12H,1-6H3. The van der Waals surface area contributed by atoms with Crippen LogP contribution in [0.4, 0.5) is 0 Å². The number of carbonyl (C=O) groups is 1. The van der Waals surface area contributed by atoms with Crippen LogP contribution in [-0.2, 0) is 10.8 Å². The largest absolute Gasteiger partial charge is 0.289 e. The first-order valence-corrected chi connectivity index (χ1v) is 7.93. The molecule has 22 heavy (non-hydrogen) atoms. The summed E-state index contributed by atoms with van der Waals surface area (Å²) in [5.41, 5.74) is 6.50. The second-order valence-corrected chi connectivity index (χ2v) is 8.35. The van der Waals surface area contributed by atoms with Crippen molar-refractivity contribution in [3.8, 4) is 11.1 Å². The number of ketones is 1. The van der Waals surface area contributed by atoms with Crippen LogP contribution in [0.15, 0.2) is 36.4 Å². The molecule has 2 aromatic rings. The molecule has 0 radical (unpaired) electrons. The summed E-state index contributed by atoms with van der Waals surface area (Å²) in [7, 11) is 0. The highest BCUT2D eigenvalue weighted by Gasteiger charge is 2.29. The molecule has 0 aromatic heterocycles. The summed E-state index contributed by atoms with van der Waals surface area (Å²) in [6, 6.07) is 12.6. The van der Waals surface area contributed by atoms with Crippen LogP contribution < -0.4 is 0 Å². The first-order valence-electron chi connectivity index (χ1n) is 7.93. The van der Waals surface area contributed by atoms with Crippen molar-refractivity contribution in [2.24, 2.45) is 0 Å².